The van der Waals surface area contributed by atoms with E-state index in [1.54, 1.807) is 60.7 Å². The standard InChI is InChI=1S/C28H18BrCl2N3O4S2/c29-15-3-11-19(12-4-15)34-25(36)22-21(14-1-5-16(30)6-2-14)24-27(39-23(22)26(34)37)33(28(38)40-24)13-20(35)32-18-9-7-17(31)8-10-18/h1-12,21-23H,13H2,(H,32,35)/t21-,22?,23?/m1/s1. The molecule has 7 nitrogen and oxygen atoms in total. The number of thioether (sulfide) groups is 1. The maximum atomic E-state index is 13.9. The number of nitrogens with one attached hydrogen (secondary N) is 1. The molecule has 3 amide bonds. The third-order valence-electron chi connectivity index (χ3n) is 6.79. The Morgan fingerprint density at radius 3 is 2.15 bits per heavy atom. The molecule has 1 saturated heterocycles. The van der Waals surface area contributed by atoms with Crippen LogP contribution >= 0.6 is 62.2 Å². The Labute approximate surface area is 255 Å². The van der Waals surface area contributed by atoms with Gasteiger partial charge in [-0.25, -0.2) is 4.90 Å². The van der Waals surface area contributed by atoms with E-state index in [1.165, 1.54) is 21.2 Å². The van der Waals surface area contributed by atoms with Gasteiger partial charge in [0.1, 0.15) is 11.8 Å². The zero-order chi connectivity index (χ0) is 28.1. The number of hydrogen-bond donors (Lipinski definition) is 1. The molecule has 202 valence electrons. The van der Waals surface area contributed by atoms with Crippen molar-refractivity contribution in [3.05, 3.63) is 107 Å². The average Bonchev–Trinajstić information content (AvgIpc) is 3.37. The van der Waals surface area contributed by atoms with E-state index in [4.69, 9.17) is 23.2 Å². The van der Waals surface area contributed by atoms with Crippen molar-refractivity contribution in [2.45, 2.75) is 22.7 Å². The number of anilines is 2. The normalized spacial score (nSPS) is 19.9. The van der Waals surface area contributed by atoms with Gasteiger partial charge >= 0.3 is 4.87 Å². The molecule has 4 aromatic rings. The molecule has 1 fully saturated rings. The number of rotatable bonds is 5. The summed E-state index contributed by atoms with van der Waals surface area (Å²) in [4.78, 5) is 55.4. The molecule has 0 bridgehead atoms. The van der Waals surface area contributed by atoms with Crippen molar-refractivity contribution in [3.8, 4) is 0 Å². The molecule has 40 heavy (non-hydrogen) atoms. The van der Waals surface area contributed by atoms with Crippen LogP contribution in [0.4, 0.5) is 11.4 Å². The summed E-state index contributed by atoms with van der Waals surface area (Å²) in [6.07, 6.45) is 0. The number of aromatic nitrogens is 1. The van der Waals surface area contributed by atoms with Gasteiger partial charge in [0.2, 0.25) is 17.7 Å². The van der Waals surface area contributed by atoms with E-state index in [1.807, 2.05) is 12.1 Å². The van der Waals surface area contributed by atoms with Gasteiger partial charge < -0.3 is 5.32 Å². The van der Waals surface area contributed by atoms with Crippen molar-refractivity contribution in [3.63, 3.8) is 0 Å². The van der Waals surface area contributed by atoms with Crippen molar-refractivity contribution in [2.24, 2.45) is 5.92 Å². The first-order valence-corrected chi connectivity index (χ1v) is 15.3. The van der Waals surface area contributed by atoms with Gasteiger partial charge in [0, 0.05) is 31.0 Å². The first kappa shape index (κ1) is 27.3. The average molecular weight is 675 g/mol. The zero-order valence-corrected chi connectivity index (χ0v) is 25.1. The number of halogens is 3. The molecular weight excluding hydrogens is 657 g/mol. The van der Waals surface area contributed by atoms with Crippen molar-refractivity contribution in [1.29, 1.82) is 0 Å². The van der Waals surface area contributed by atoms with Crippen molar-refractivity contribution < 1.29 is 14.4 Å². The lowest BCUT2D eigenvalue weighted by Crippen LogP contribution is -2.33. The fraction of sp³-hybridized carbons (Fsp3) is 0.143. The van der Waals surface area contributed by atoms with Crippen LogP contribution in [0.25, 0.3) is 0 Å². The molecule has 6 rings (SSSR count). The fourth-order valence-corrected chi connectivity index (χ4v) is 8.30. The molecule has 1 aromatic heterocycles. The smallest absolute Gasteiger partial charge is 0.308 e. The number of fused-ring (bicyclic) bond motifs is 2. The van der Waals surface area contributed by atoms with E-state index < -0.39 is 23.0 Å². The number of benzene rings is 3. The molecular formula is C28H18BrCl2N3O4S2. The lowest BCUT2D eigenvalue weighted by atomic mass is 9.83. The van der Waals surface area contributed by atoms with Gasteiger partial charge in [-0.2, -0.15) is 0 Å². The second-order valence-electron chi connectivity index (χ2n) is 9.26. The summed E-state index contributed by atoms with van der Waals surface area (Å²) in [5, 5.41) is 3.58. The van der Waals surface area contributed by atoms with Gasteiger partial charge in [0.15, 0.2) is 0 Å². The van der Waals surface area contributed by atoms with Gasteiger partial charge in [0.05, 0.1) is 16.6 Å². The number of hydrogen-bond acceptors (Lipinski definition) is 6. The van der Waals surface area contributed by atoms with E-state index in [-0.39, 0.29) is 23.2 Å². The number of thiazole rings is 1. The molecule has 2 aliphatic rings. The minimum atomic E-state index is -0.774. The molecule has 0 saturated carbocycles. The molecule has 3 atom stereocenters. The van der Waals surface area contributed by atoms with Crippen LogP contribution in [0.2, 0.25) is 10.0 Å². The van der Waals surface area contributed by atoms with Crippen LogP contribution in [0.1, 0.15) is 16.4 Å². The highest BCUT2D eigenvalue weighted by Crippen LogP contribution is 2.54. The number of carbonyl (C=O) groups is 3. The molecule has 2 unspecified atom stereocenters. The quantitative estimate of drug-likeness (QED) is 0.247. The lowest BCUT2D eigenvalue weighted by molar-refractivity contribution is -0.122. The van der Waals surface area contributed by atoms with E-state index in [0.717, 1.165) is 21.4 Å². The second-order valence-corrected chi connectivity index (χ2v) is 13.2. The van der Waals surface area contributed by atoms with Gasteiger partial charge in [-0.15, -0.1) is 0 Å². The molecule has 0 spiro atoms. The van der Waals surface area contributed by atoms with Crippen LogP contribution < -0.4 is 15.1 Å². The molecule has 3 heterocycles. The summed E-state index contributed by atoms with van der Waals surface area (Å²) < 4.78 is 2.21. The van der Waals surface area contributed by atoms with Crippen molar-refractivity contribution in [2.75, 3.05) is 10.2 Å². The van der Waals surface area contributed by atoms with E-state index in [9.17, 15) is 19.2 Å². The third kappa shape index (κ3) is 4.92. The summed E-state index contributed by atoms with van der Waals surface area (Å²) >= 11 is 17.6. The predicted molar refractivity (Wildman–Crippen MR) is 162 cm³/mol. The van der Waals surface area contributed by atoms with Crippen LogP contribution in [0.15, 0.2) is 87.1 Å². The van der Waals surface area contributed by atoms with Crippen LogP contribution in [0, 0.1) is 5.92 Å². The monoisotopic (exact) mass is 673 g/mol. The Balaban J connectivity index is 1.40. The molecule has 0 aliphatic carbocycles. The first-order valence-electron chi connectivity index (χ1n) is 12.1. The van der Waals surface area contributed by atoms with Crippen molar-refractivity contribution >= 4 is 91.3 Å². The number of amides is 3. The second kappa shape index (κ2) is 10.8. The molecule has 0 radical (unpaired) electrons. The molecule has 1 N–H and O–H groups in total. The Morgan fingerprint density at radius 2 is 1.50 bits per heavy atom. The Bertz CT molecular complexity index is 1710. The fourth-order valence-electron chi connectivity index (χ4n) is 5.01. The Hall–Kier alpha value is -2.89. The summed E-state index contributed by atoms with van der Waals surface area (Å²) in [5.41, 5.74) is 1.78. The number of nitrogens with zero attached hydrogens (tertiary/aromatic N) is 2. The third-order valence-corrected chi connectivity index (χ3v) is 10.4. The number of carbonyl (C=O) groups excluding carboxylic acids is 3. The van der Waals surface area contributed by atoms with Crippen LogP contribution in [0.5, 0.6) is 0 Å². The van der Waals surface area contributed by atoms with Gasteiger partial charge in [-0.1, -0.05) is 74.4 Å². The largest absolute Gasteiger partial charge is 0.325 e. The van der Waals surface area contributed by atoms with E-state index >= 15 is 0 Å². The predicted octanol–water partition coefficient (Wildman–Crippen LogP) is 6.41. The maximum absolute atomic E-state index is 13.9. The summed E-state index contributed by atoms with van der Waals surface area (Å²) in [5.74, 6) is -2.38. The van der Waals surface area contributed by atoms with Gasteiger partial charge in [-0.05, 0) is 66.2 Å². The van der Waals surface area contributed by atoms with Crippen molar-refractivity contribution in [1.82, 2.24) is 4.57 Å². The van der Waals surface area contributed by atoms with E-state index in [2.05, 4.69) is 21.2 Å². The van der Waals surface area contributed by atoms with Crippen LogP contribution in [-0.2, 0) is 20.9 Å². The Kier molecular flexibility index (Phi) is 7.39. The molecule has 3 aromatic carbocycles. The zero-order valence-electron chi connectivity index (χ0n) is 20.3. The topological polar surface area (TPSA) is 88.5 Å². The van der Waals surface area contributed by atoms with E-state index in [0.29, 0.717) is 31.3 Å². The lowest BCUT2D eigenvalue weighted by Gasteiger charge is -2.30. The first-order chi connectivity index (χ1) is 19.2. The summed E-state index contributed by atoms with van der Waals surface area (Å²) in [6.45, 7) is -0.246. The maximum Gasteiger partial charge on any atom is 0.308 e. The highest BCUT2D eigenvalue weighted by atomic mass is 79.9. The minimum absolute atomic E-state index is 0.246. The molecule has 2 aliphatic heterocycles. The van der Waals surface area contributed by atoms with Crippen LogP contribution in [0.3, 0.4) is 0 Å². The minimum Gasteiger partial charge on any atom is -0.325 e. The van der Waals surface area contributed by atoms with Gasteiger partial charge in [0.25, 0.3) is 0 Å². The van der Waals surface area contributed by atoms with Gasteiger partial charge in [-0.3, -0.25) is 23.7 Å². The summed E-state index contributed by atoms with van der Waals surface area (Å²) in [6, 6.07) is 20.7. The highest BCUT2D eigenvalue weighted by molar-refractivity contribution is 9.10. The summed E-state index contributed by atoms with van der Waals surface area (Å²) in [7, 11) is 0. The molecule has 12 heteroatoms. The SMILES string of the molecule is O=C(Cn1c2c(sc1=O)[C@H](c1ccc(Cl)cc1)C1C(=O)N(c3ccc(Br)cc3)C(=O)C1S2)Nc1ccc(Cl)cc1. The number of imide groups is 1. The van der Waals surface area contributed by atoms with Crippen LogP contribution in [-0.4, -0.2) is 27.5 Å². The highest BCUT2D eigenvalue weighted by Gasteiger charge is 2.56. The Morgan fingerprint density at radius 1 is 0.875 bits per heavy atom.